The topological polar surface area (TPSA) is 64.9 Å². The second-order valence-corrected chi connectivity index (χ2v) is 2.40. The predicted octanol–water partition coefficient (Wildman–Crippen LogP) is 1.20. The number of halogens is 3. The third-order valence-corrected chi connectivity index (χ3v) is 1.64. The van der Waals surface area contributed by atoms with Gasteiger partial charge in [-0.15, -0.1) is 0 Å². The molecule has 0 bridgehead atoms. The molecule has 1 rings (SSSR count). The fourth-order valence-electron chi connectivity index (χ4n) is 1.00. The number of alkyl halides is 2. The highest BCUT2D eigenvalue weighted by Crippen LogP contribution is 2.27. The van der Waals surface area contributed by atoms with E-state index in [0.717, 1.165) is 6.20 Å². The molecule has 0 amide bonds. The lowest BCUT2D eigenvalue weighted by molar-refractivity contribution is 0.144. The molecule has 13 heavy (non-hydrogen) atoms. The molecule has 1 aromatic rings. The smallest absolute Gasteiger partial charge is 0.268 e. The molecule has 0 saturated heterocycles. The molecule has 0 atom stereocenters. The molecule has 0 aromatic carbocycles. The van der Waals surface area contributed by atoms with Gasteiger partial charge >= 0.3 is 0 Å². The predicted molar refractivity (Wildman–Crippen MR) is 41.5 cm³/mol. The molecular formula is C7H8F3N3. The van der Waals surface area contributed by atoms with Gasteiger partial charge in [0.05, 0.1) is 17.4 Å². The number of pyridine rings is 1. The van der Waals surface area contributed by atoms with Crippen molar-refractivity contribution in [3.8, 4) is 0 Å². The van der Waals surface area contributed by atoms with Gasteiger partial charge in [0.1, 0.15) is 0 Å². The van der Waals surface area contributed by atoms with Gasteiger partial charge in [-0.1, -0.05) is 0 Å². The molecular weight excluding hydrogens is 183 g/mol. The second kappa shape index (κ2) is 3.61. The Bertz CT molecular complexity index is 314. The standard InChI is InChI=1S/C7H8F3N3/c8-6(9)5-3(1-11)4(12)2-13-7(5)10/h2,6H,1,11-12H2. The summed E-state index contributed by atoms with van der Waals surface area (Å²) >= 11 is 0. The van der Waals surface area contributed by atoms with Gasteiger partial charge in [0.15, 0.2) is 0 Å². The van der Waals surface area contributed by atoms with E-state index in [1.165, 1.54) is 0 Å². The highest BCUT2D eigenvalue weighted by atomic mass is 19.3. The van der Waals surface area contributed by atoms with Crippen molar-refractivity contribution >= 4 is 5.69 Å². The molecule has 1 aromatic heterocycles. The fraction of sp³-hybridized carbons (Fsp3) is 0.286. The molecule has 0 spiro atoms. The van der Waals surface area contributed by atoms with Crippen LogP contribution in [-0.2, 0) is 6.54 Å². The molecule has 6 heteroatoms. The summed E-state index contributed by atoms with van der Waals surface area (Å²) in [6.45, 7) is -0.231. The van der Waals surface area contributed by atoms with Crippen LogP contribution in [0.1, 0.15) is 17.6 Å². The minimum atomic E-state index is -2.95. The lowest BCUT2D eigenvalue weighted by Gasteiger charge is -2.09. The van der Waals surface area contributed by atoms with Crippen molar-refractivity contribution in [2.24, 2.45) is 5.73 Å². The van der Waals surface area contributed by atoms with E-state index in [-0.39, 0.29) is 17.8 Å². The highest BCUT2D eigenvalue weighted by Gasteiger charge is 2.20. The quantitative estimate of drug-likeness (QED) is 0.690. The Labute approximate surface area is 72.6 Å². The molecule has 0 aliphatic carbocycles. The molecule has 0 unspecified atom stereocenters. The van der Waals surface area contributed by atoms with Crippen LogP contribution in [0.15, 0.2) is 6.20 Å². The lowest BCUT2D eigenvalue weighted by atomic mass is 10.1. The summed E-state index contributed by atoms with van der Waals surface area (Å²) in [7, 11) is 0. The van der Waals surface area contributed by atoms with E-state index in [4.69, 9.17) is 11.5 Å². The Balaban J connectivity index is 3.35. The van der Waals surface area contributed by atoms with Crippen molar-refractivity contribution in [3.05, 3.63) is 23.3 Å². The molecule has 4 N–H and O–H groups in total. The summed E-state index contributed by atoms with van der Waals surface area (Å²) in [6, 6.07) is 0. The van der Waals surface area contributed by atoms with E-state index in [0.29, 0.717) is 0 Å². The Hall–Kier alpha value is -1.30. The fourth-order valence-corrected chi connectivity index (χ4v) is 1.00. The van der Waals surface area contributed by atoms with Gasteiger partial charge in [-0.05, 0) is 0 Å². The molecule has 0 fully saturated rings. The minimum Gasteiger partial charge on any atom is -0.397 e. The Morgan fingerprint density at radius 2 is 2.08 bits per heavy atom. The van der Waals surface area contributed by atoms with E-state index in [1.807, 2.05) is 0 Å². The molecule has 1 heterocycles. The maximum atomic E-state index is 12.8. The Morgan fingerprint density at radius 1 is 1.46 bits per heavy atom. The molecule has 3 nitrogen and oxygen atoms in total. The van der Waals surface area contributed by atoms with Gasteiger partial charge in [0, 0.05) is 12.1 Å². The van der Waals surface area contributed by atoms with Crippen LogP contribution in [0.5, 0.6) is 0 Å². The van der Waals surface area contributed by atoms with Crippen molar-refractivity contribution in [1.82, 2.24) is 4.98 Å². The first-order valence-corrected chi connectivity index (χ1v) is 3.49. The third-order valence-electron chi connectivity index (χ3n) is 1.64. The van der Waals surface area contributed by atoms with Crippen LogP contribution in [0.4, 0.5) is 18.9 Å². The first kappa shape index (κ1) is 9.79. The lowest BCUT2D eigenvalue weighted by Crippen LogP contribution is -2.09. The first-order chi connectivity index (χ1) is 6.07. The van der Waals surface area contributed by atoms with E-state index in [1.54, 1.807) is 0 Å². The van der Waals surface area contributed by atoms with Gasteiger partial charge < -0.3 is 11.5 Å². The molecule has 72 valence electrons. The average Bonchev–Trinajstić information content (AvgIpc) is 2.07. The number of nitrogen functional groups attached to an aromatic ring is 1. The summed E-state index contributed by atoms with van der Waals surface area (Å²) in [5.41, 5.74) is 9.55. The Kier molecular flexibility index (Phi) is 2.72. The zero-order valence-electron chi connectivity index (χ0n) is 6.60. The van der Waals surface area contributed by atoms with Crippen LogP contribution in [0.2, 0.25) is 0 Å². The van der Waals surface area contributed by atoms with Crippen LogP contribution in [-0.4, -0.2) is 4.98 Å². The SMILES string of the molecule is NCc1c(N)cnc(F)c1C(F)F. The van der Waals surface area contributed by atoms with Gasteiger partial charge in [-0.3, -0.25) is 0 Å². The molecule has 0 radical (unpaired) electrons. The number of hydrogen-bond donors (Lipinski definition) is 2. The number of anilines is 1. The maximum Gasteiger partial charge on any atom is 0.268 e. The van der Waals surface area contributed by atoms with Crippen molar-refractivity contribution in [2.75, 3.05) is 5.73 Å². The summed E-state index contributed by atoms with van der Waals surface area (Å²) in [5, 5.41) is 0. The van der Waals surface area contributed by atoms with Crippen molar-refractivity contribution < 1.29 is 13.2 Å². The zero-order valence-corrected chi connectivity index (χ0v) is 6.60. The highest BCUT2D eigenvalue weighted by molar-refractivity contribution is 5.49. The van der Waals surface area contributed by atoms with Crippen LogP contribution in [0.3, 0.4) is 0 Å². The molecule has 0 aliphatic heterocycles. The van der Waals surface area contributed by atoms with E-state index >= 15 is 0 Å². The molecule has 0 aliphatic rings. The maximum absolute atomic E-state index is 12.8. The zero-order chi connectivity index (χ0) is 10.0. The number of rotatable bonds is 2. The first-order valence-electron chi connectivity index (χ1n) is 3.49. The normalized spacial score (nSPS) is 10.8. The summed E-state index contributed by atoms with van der Waals surface area (Å²) in [6.07, 6.45) is -1.97. The van der Waals surface area contributed by atoms with Crippen LogP contribution in [0.25, 0.3) is 0 Å². The Morgan fingerprint density at radius 3 is 2.46 bits per heavy atom. The van der Waals surface area contributed by atoms with Crippen molar-refractivity contribution in [1.29, 1.82) is 0 Å². The second-order valence-electron chi connectivity index (χ2n) is 2.40. The summed E-state index contributed by atoms with van der Waals surface area (Å²) in [5.74, 6) is -1.22. The van der Waals surface area contributed by atoms with Gasteiger partial charge in [-0.2, -0.15) is 4.39 Å². The van der Waals surface area contributed by atoms with E-state index < -0.39 is 17.9 Å². The monoisotopic (exact) mass is 191 g/mol. The number of nitrogens with zero attached hydrogens (tertiary/aromatic N) is 1. The number of aromatic nitrogens is 1. The van der Waals surface area contributed by atoms with Crippen LogP contribution < -0.4 is 11.5 Å². The van der Waals surface area contributed by atoms with Gasteiger partial charge in [0.25, 0.3) is 6.43 Å². The third kappa shape index (κ3) is 1.72. The van der Waals surface area contributed by atoms with Gasteiger partial charge in [0.2, 0.25) is 5.95 Å². The van der Waals surface area contributed by atoms with Crippen molar-refractivity contribution in [2.45, 2.75) is 13.0 Å². The van der Waals surface area contributed by atoms with Crippen molar-refractivity contribution in [3.63, 3.8) is 0 Å². The van der Waals surface area contributed by atoms with E-state index in [9.17, 15) is 13.2 Å². The van der Waals surface area contributed by atoms with Gasteiger partial charge in [-0.25, -0.2) is 13.8 Å². The minimum absolute atomic E-state index is 0.0146. The van der Waals surface area contributed by atoms with E-state index in [2.05, 4.69) is 4.98 Å². The summed E-state index contributed by atoms with van der Waals surface area (Å²) in [4.78, 5) is 3.08. The molecule has 0 saturated carbocycles. The van der Waals surface area contributed by atoms with Crippen LogP contribution in [0, 0.1) is 5.95 Å². The number of nitrogens with two attached hydrogens (primary N) is 2. The summed E-state index contributed by atoms with van der Waals surface area (Å²) < 4.78 is 37.3. The average molecular weight is 191 g/mol. The van der Waals surface area contributed by atoms with Crippen LogP contribution >= 0.6 is 0 Å². The largest absolute Gasteiger partial charge is 0.397 e. The number of hydrogen-bond acceptors (Lipinski definition) is 3.